The molecule has 0 spiro atoms. The van der Waals surface area contributed by atoms with E-state index in [1.165, 1.54) is 0 Å². The summed E-state index contributed by atoms with van der Waals surface area (Å²) in [5.41, 5.74) is 0.853. The van der Waals surface area contributed by atoms with Crippen molar-refractivity contribution in [2.75, 3.05) is 13.3 Å². The number of alkyl halides is 1. The van der Waals surface area contributed by atoms with Crippen molar-refractivity contribution in [2.45, 2.75) is 19.3 Å². The Labute approximate surface area is 98.8 Å². The van der Waals surface area contributed by atoms with Crippen molar-refractivity contribution in [1.82, 2.24) is 0 Å². The van der Waals surface area contributed by atoms with Gasteiger partial charge in [-0.15, -0.1) is 0 Å². The monoisotopic (exact) mass is 273 g/mol. The van der Waals surface area contributed by atoms with Gasteiger partial charge in [-0.25, -0.2) is 0 Å². The average molecular weight is 274 g/mol. The standard InChI is InChI=1S/C12H15BrFO/c1-3-7-15-11-6-4-5-10(12(11)13)9(2)8-14/h4-6,9H,2-3,7-8H2,1H3. The van der Waals surface area contributed by atoms with Gasteiger partial charge in [0.05, 0.1) is 17.8 Å². The third-order valence-electron chi connectivity index (χ3n) is 2.08. The van der Waals surface area contributed by atoms with Crippen LogP contribution >= 0.6 is 15.9 Å². The maximum atomic E-state index is 12.5. The molecule has 0 aliphatic heterocycles. The van der Waals surface area contributed by atoms with Gasteiger partial charge in [-0.3, -0.25) is 4.39 Å². The van der Waals surface area contributed by atoms with Crippen molar-refractivity contribution in [3.8, 4) is 5.75 Å². The van der Waals surface area contributed by atoms with Crippen LogP contribution < -0.4 is 4.74 Å². The van der Waals surface area contributed by atoms with E-state index >= 15 is 0 Å². The lowest BCUT2D eigenvalue weighted by Gasteiger charge is -2.13. The third-order valence-corrected chi connectivity index (χ3v) is 2.93. The van der Waals surface area contributed by atoms with Crippen LogP contribution in [0.15, 0.2) is 22.7 Å². The Morgan fingerprint density at radius 2 is 2.27 bits per heavy atom. The maximum absolute atomic E-state index is 12.5. The molecule has 0 aliphatic rings. The molecular formula is C12H15BrFO. The van der Waals surface area contributed by atoms with E-state index in [1.54, 1.807) is 0 Å². The third kappa shape index (κ3) is 3.20. The highest BCUT2D eigenvalue weighted by molar-refractivity contribution is 9.10. The number of ether oxygens (including phenoxy) is 1. The van der Waals surface area contributed by atoms with E-state index in [4.69, 9.17) is 4.74 Å². The van der Waals surface area contributed by atoms with Gasteiger partial charge < -0.3 is 4.74 Å². The van der Waals surface area contributed by atoms with E-state index in [2.05, 4.69) is 22.9 Å². The second-order valence-corrected chi connectivity index (χ2v) is 4.15. The van der Waals surface area contributed by atoms with E-state index in [0.29, 0.717) is 6.61 Å². The van der Waals surface area contributed by atoms with Crippen LogP contribution in [-0.4, -0.2) is 13.3 Å². The van der Waals surface area contributed by atoms with E-state index < -0.39 is 6.67 Å². The van der Waals surface area contributed by atoms with Crippen molar-refractivity contribution < 1.29 is 9.13 Å². The summed E-state index contributed by atoms with van der Waals surface area (Å²) in [7, 11) is 0. The molecule has 1 radical (unpaired) electrons. The Morgan fingerprint density at radius 1 is 1.53 bits per heavy atom. The van der Waals surface area contributed by atoms with Crippen LogP contribution in [0, 0.1) is 6.92 Å². The molecule has 0 fully saturated rings. The van der Waals surface area contributed by atoms with E-state index in [1.807, 2.05) is 25.1 Å². The molecule has 1 nitrogen and oxygen atoms in total. The van der Waals surface area contributed by atoms with Gasteiger partial charge in [-0.05, 0) is 40.9 Å². The predicted molar refractivity (Wildman–Crippen MR) is 64.0 cm³/mol. The Kier molecular flexibility index (Phi) is 5.09. The lowest BCUT2D eigenvalue weighted by Crippen LogP contribution is -2.01. The first-order valence-corrected chi connectivity index (χ1v) is 5.80. The molecular weight excluding hydrogens is 259 g/mol. The number of hydrogen-bond acceptors (Lipinski definition) is 1. The minimum absolute atomic E-state index is 0.343. The van der Waals surface area contributed by atoms with Crippen LogP contribution in [0.3, 0.4) is 0 Å². The molecule has 15 heavy (non-hydrogen) atoms. The fourth-order valence-electron chi connectivity index (χ4n) is 1.25. The van der Waals surface area contributed by atoms with Crippen molar-refractivity contribution in [3.05, 3.63) is 35.2 Å². The zero-order valence-electron chi connectivity index (χ0n) is 8.80. The largest absolute Gasteiger partial charge is 0.492 e. The molecule has 3 heteroatoms. The lowest BCUT2D eigenvalue weighted by molar-refractivity contribution is 0.315. The average Bonchev–Trinajstić information content (AvgIpc) is 2.27. The van der Waals surface area contributed by atoms with Crippen LogP contribution in [0.4, 0.5) is 4.39 Å². The van der Waals surface area contributed by atoms with Crippen LogP contribution in [0.25, 0.3) is 0 Å². The van der Waals surface area contributed by atoms with Crippen molar-refractivity contribution in [3.63, 3.8) is 0 Å². The summed E-state index contributed by atoms with van der Waals surface area (Å²) in [6, 6.07) is 5.59. The van der Waals surface area contributed by atoms with Gasteiger partial charge in [0.1, 0.15) is 5.75 Å². The van der Waals surface area contributed by atoms with Crippen LogP contribution in [-0.2, 0) is 0 Å². The number of hydrogen-bond donors (Lipinski definition) is 0. The summed E-state index contributed by atoms with van der Waals surface area (Å²) < 4.78 is 18.9. The smallest absolute Gasteiger partial charge is 0.133 e. The van der Waals surface area contributed by atoms with Gasteiger partial charge >= 0.3 is 0 Å². The molecule has 0 amide bonds. The number of halogens is 2. The molecule has 1 aromatic carbocycles. The molecule has 0 aromatic heterocycles. The first-order chi connectivity index (χ1) is 7.20. The van der Waals surface area contributed by atoms with Crippen LogP contribution in [0.5, 0.6) is 5.75 Å². The highest BCUT2D eigenvalue weighted by Gasteiger charge is 2.12. The predicted octanol–water partition coefficient (Wildman–Crippen LogP) is 4.13. The zero-order chi connectivity index (χ0) is 11.3. The maximum Gasteiger partial charge on any atom is 0.133 e. The van der Waals surface area contributed by atoms with Gasteiger partial charge in [-0.1, -0.05) is 19.1 Å². The van der Waals surface area contributed by atoms with Gasteiger partial charge in [0.15, 0.2) is 0 Å². The molecule has 1 aromatic rings. The lowest BCUT2D eigenvalue weighted by atomic mass is 10.0. The van der Waals surface area contributed by atoms with E-state index in [0.717, 1.165) is 22.2 Å². The molecule has 0 saturated heterocycles. The van der Waals surface area contributed by atoms with Crippen molar-refractivity contribution in [1.29, 1.82) is 0 Å². The van der Waals surface area contributed by atoms with Crippen molar-refractivity contribution in [2.24, 2.45) is 0 Å². The summed E-state index contributed by atoms with van der Waals surface area (Å²) >= 11 is 3.42. The van der Waals surface area contributed by atoms with Gasteiger partial charge in [0.2, 0.25) is 0 Å². The topological polar surface area (TPSA) is 9.23 Å². The zero-order valence-corrected chi connectivity index (χ0v) is 10.4. The summed E-state index contributed by atoms with van der Waals surface area (Å²) in [6.45, 7) is 6.00. The fraction of sp³-hybridized carbons (Fsp3) is 0.417. The Balaban J connectivity index is 2.90. The summed E-state index contributed by atoms with van der Waals surface area (Å²) in [4.78, 5) is 0. The molecule has 0 heterocycles. The van der Waals surface area contributed by atoms with Gasteiger partial charge in [0.25, 0.3) is 0 Å². The second-order valence-electron chi connectivity index (χ2n) is 3.36. The number of benzene rings is 1. The summed E-state index contributed by atoms with van der Waals surface area (Å²) in [5.74, 6) is 0.418. The minimum Gasteiger partial charge on any atom is -0.492 e. The molecule has 0 N–H and O–H groups in total. The minimum atomic E-state index is -0.462. The van der Waals surface area contributed by atoms with Gasteiger partial charge in [-0.2, -0.15) is 0 Å². The highest BCUT2D eigenvalue weighted by atomic mass is 79.9. The first kappa shape index (κ1) is 12.5. The first-order valence-electron chi connectivity index (χ1n) is 5.01. The van der Waals surface area contributed by atoms with Gasteiger partial charge in [0, 0.05) is 5.92 Å². The fourth-order valence-corrected chi connectivity index (χ4v) is 1.95. The Hall–Kier alpha value is -0.570. The van der Waals surface area contributed by atoms with Crippen LogP contribution in [0.1, 0.15) is 24.8 Å². The van der Waals surface area contributed by atoms with E-state index in [9.17, 15) is 4.39 Å². The molecule has 0 saturated carbocycles. The Morgan fingerprint density at radius 3 is 2.87 bits per heavy atom. The SMILES string of the molecule is [CH2]C(CF)c1cccc(OCCC)c1Br. The molecule has 1 atom stereocenters. The summed E-state index contributed by atoms with van der Waals surface area (Å²) in [5, 5.41) is 0. The Bertz CT molecular complexity index is 314. The molecule has 83 valence electrons. The van der Waals surface area contributed by atoms with Crippen molar-refractivity contribution >= 4 is 15.9 Å². The summed E-state index contributed by atoms with van der Waals surface area (Å²) in [6.07, 6.45) is 0.952. The highest BCUT2D eigenvalue weighted by Crippen LogP contribution is 2.33. The number of rotatable bonds is 5. The normalized spacial score (nSPS) is 12.5. The second kappa shape index (κ2) is 6.11. The quantitative estimate of drug-likeness (QED) is 0.784. The van der Waals surface area contributed by atoms with Crippen LogP contribution in [0.2, 0.25) is 0 Å². The van der Waals surface area contributed by atoms with E-state index in [-0.39, 0.29) is 5.92 Å². The molecule has 0 bridgehead atoms. The molecule has 1 unspecified atom stereocenters. The molecule has 0 aliphatic carbocycles. The molecule has 1 rings (SSSR count).